The van der Waals surface area contributed by atoms with E-state index in [1.165, 1.54) is 12.1 Å². The Morgan fingerprint density at radius 1 is 1.04 bits per heavy atom. The van der Waals surface area contributed by atoms with Gasteiger partial charge < -0.3 is 9.30 Å². The van der Waals surface area contributed by atoms with E-state index in [4.69, 9.17) is 0 Å². The normalized spacial score (nSPS) is 10.7. The second-order valence-electron chi connectivity index (χ2n) is 5.86. The quantitative estimate of drug-likeness (QED) is 0.296. The van der Waals surface area contributed by atoms with Crippen molar-refractivity contribution in [2.45, 2.75) is 13.0 Å². The van der Waals surface area contributed by atoms with Gasteiger partial charge in [0.1, 0.15) is 5.82 Å². The highest BCUT2D eigenvalue weighted by Gasteiger charge is 2.19. The van der Waals surface area contributed by atoms with Crippen LogP contribution in [-0.2, 0) is 20.9 Å². The Hall–Kier alpha value is -3.28. The molecule has 0 aliphatic heterocycles. The van der Waals surface area contributed by atoms with Crippen LogP contribution < -0.4 is 0 Å². The third-order valence-corrected chi connectivity index (χ3v) is 4.10. The van der Waals surface area contributed by atoms with Crippen LogP contribution in [0.15, 0.2) is 54.7 Å². The van der Waals surface area contributed by atoms with E-state index in [2.05, 4.69) is 4.74 Å². The van der Waals surface area contributed by atoms with E-state index in [1.54, 1.807) is 30.3 Å². The zero-order valence-electron chi connectivity index (χ0n) is 14.1. The summed E-state index contributed by atoms with van der Waals surface area (Å²) >= 11 is 0. The molecule has 0 saturated heterocycles. The highest BCUT2D eigenvalue weighted by molar-refractivity contribution is 6.38. The van der Waals surface area contributed by atoms with Crippen molar-refractivity contribution in [2.75, 3.05) is 7.11 Å². The maximum absolute atomic E-state index is 13.0. The van der Waals surface area contributed by atoms with Crippen LogP contribution in [0.4, 0.5) is 4.39 Å². The first-order valence-corrected chi connectivity index (χ1v) is 7.95. The predicted molar refractivity (Wildman–Crippen MR) is 93.4 cm³/mol. The van der Waals surface area contributed by atoms with Crippen LogP contribution in [0, 0.1) is 5.82 Å². The summed E-state index contributed by atoms with van der Waals surface area (Å²) in [5, 5.41) is 0.933. The summed E-state index contributed by atoms with van der Waals surface area (Å²) in [7, 11) is 1.10. The Bertz CT molecular complexity index is 989. The zero-order valence-corrected chi connectivity index (χ0v) is 14.1. The first kappa shape index (κ1) is 17.5. The van der Waals surface area contributed by atoms with Crippen molar-refractivity contribution in [3.8, 4) is 0 Å². The summed E-state index contributed by atoms with van der Waals surface area (Å²) in [6.45, 7) is 0.516. The van der Waals surface area contributed by atoms with Crippen LogP contribution in [0.3, 0.4) is 0 Å². The number of aromatic nitrogens is 1. The number of hydrogen-bond donors (Lipinski definition) is 0. The number of ether oxygens (including phenoxy) is 1. The lowest BCUT2D eigenvalue weighted by molar-refractivity contribution is -0.151. The molecule has 0 bridgehead atoms. The summed E-state index contributed by atoms with van der Waals surface area (Å²) in [4.78, 5) is 35.0. The third-order valence-electron chi connectivity index (χ3n) is 4.10. The van der Waals surface area contributed by atoms with Gasteiger partial charge in [-0.25, -0.2) is 9.18 Å². The summed E-state index contributed by atoms with van der Waals surface area (Å²) in [6, 6.07) is 13.2. The van der Waals surface area contributed by atoms with Gasteiger partial charge in [-0.2, -0.15) is 0 Å². The maximum atomic E-state index is 13.0. The van der Waals surface area contributed by atoms with Crippen molar-refractivity contribution in [3.63, 3.8) is 0 Å². The molecule has 0 amide bonds. The second-order valence-corrected chi connectivity index (χ2v) is 5.86. The van der Waals surface area contributed by atoms with E-state index >= 15 is 0 Å². The molecule has 1 heterocycles. The number of ketones is 2. The highest BCUT2D eigenvalue weighted by Crippen LogP contribution is 2.20. The molecule has 0 atom stereocenters. The van der Waals surface area contributed by atoms with Crippen molar-refractivity contribution in [1.82, 2.24) is 4.57 Å². The van der Waals surface area contributed by atoms with Crippen LogP contribution >= 0.6 is 0 Å². The lowest BCUT2D eigenvalue weighted by atomic mass is 10.0. The van der Waals surface area contributed by atoms with Gasteiger partial charge in [-0.3, -0.25) is 9.59 Å². The number of esters is 1. The minimum Gasteiger partial charge on any atom is -0.463 e. The molecule has 0 radical (unpaired) electrons. The van der Waals surface area contributed by atoms with Crippen LogP contribution in [0.25, 0.3) is 10.9 Å². The first-order chi connectivity index (χ1) is 12.5. The van der Waals surface area contributed by atoms with Crippen LogP contribution in [0.5, 0.6) is 0 Å². The fraction of sp³-hybridized carbons (Fsp3) is 0.150. The number of rotatable bonds is 6. The Kier molecular flexibility index (Phi) is 4.93. The maximum Gasteiger partial charge on any atom is 0.374 e. The molecule has 0 fully saturated rings. The molecule has 132 valence electrons. The lowest BCUT2D eigenvalue weighted by Gasteiger charge is -2.07. The van der Waals surface area contributed by atoms with Crippen LogP contribution in [0.1, 0.15) is 22.3 Å². The van der Waals surface area contributed by atoms with Crippen molar-refractivity contribution in [3.05, 3.63) is 71.7 Å². The van der Waals surface area contributed by atoms with Crippen LogP contribution in [0.2, 0.25) is 0 Å². The molecule has 0 spiro atoms. The number of Topliss-reactive ketones (excluding diaryl/α,β-unsaturated/α-hetero) is 2. The standard InChI is InChI=1S/C20H16FNO4/c1-26-20(25)19(24)11-18(23)15-5-4-14-8-9-22(17(14)10-15)12-13-2-6-16(21)7-3-13/h2-10H,11-12H2,1H3. The molecular formula is C20H16FNO4. The summed E-state index contributed by atoms with van der Waals surface area (Å²) in [5.74, 6) is -2.65. The lowest BCUT2D eigenvalue weighted by Crippen LogP contribution is -2.19. The summed E-state index contributed by atoms with van der Waals surface area (Å²) < 4.78 is 19.3. The van der Waals surface area contributed by atoms with Gasteiger partial charge in [-0.1, -0.05) is 24.3 Å². The highest BCUT2D eigenvalue weighted by atomic mass is 19.1. The van der Waals surface area contributed by atoms with E-state index in [9.17, 15) is 18.8 Å². The van der Waals surface area contributed by atoms with Crippen molar-refractivity contribution >= 4 is 28.4 Å². The monoisotopic (exact) mass is 353 g/mol. The van der Waals surface area contributed by atoms with Crippen molar-refractivity contribution in [1.29, 1.82) is 0 Å². The molecule has 0 saturated carbocycles. The molecule has 2 aromatic carbocycles. The molecular weight excluding hydrogens is 337 g/mol. The third kappa shape index (κ3) is 3.69. The zero-order chi connectivity index (χ0) is 18.7. The molecule has 3 aromatic rings. The fourth-order valence-corrected chi connectivity index (χ4v) is 2.72. The molecule has 0 aliphatic rings. The van der Waals surface area contributed by atoms with Gasteiger partial charge in [0.05, 0.1) is 13.5 Å². The van der Waals surface area contributed by atoms with Crippen LogP contribution in [-0.4, -0.2) is 29.2 Å². The summed E-state index contributed by atoms with van der Waals surface area (Å²) in [5.41, 5.74) is 2.07. The first-order valence-electron chi connectivity index (χ1n) is 7.95. The van der Waals surface area contributed by atoms with Gasteiger partial charge in [0.25, 0.3) is 0 Å². The van der Waals surface area contributed by atoms with Crippen molar-refractivity contribution < 1.29 is 23.5 Å². The fourth-order valence-electron chi connectivity index (χ4n) is 2.72. The molecule has 0 unspecified atom stereocenters. The number of methoxy groups -OCH3 is 1. The Labute approximate surface area is 149 Å². The number of fused-ring (bicyclic) bond motifs is 1. The number of benzene rings is 2. The van der Waals surface area contributed by atoms with Gasteiger partial charge in [-0.05, 0) is 35.2 Å². The molecule has 26 heavy (non-hydrogen) atoms. The topological polar surface area (TPSA) is 65.4 Å². The predicted octanol–water partition coefficient (Wildman–Crippen LogP) is 3.14. The summed E-state index contributed by atoms with van der Waals surface area (Å²) in [6.07, 6.45) is 1.35. The van der Waals surface area contributed by atoms with E-state index in [1.807, 2.05) is 16.8 Å². The minimum absolute atomic E-state index is 0.297. The number of halogens is 1. The van der Waals surface area contributed by atoms with E-state index < -0.39 is 24.0 Å². The van der Waals surface area contributed by atoms with Gasteiger partial charge in [-0.15, -0.1) is 0 Å². The molecule has 5 nitrogen and oxygen atoms in total. The van der Waals surface area contributed by atoms with Gasteiger partial charge in [0, 0.05) is 23.8 Å². The van der Waals surface area contributed by atoms with E-state index in [0.717, 1.165) is 23.6 Å². The smallest absolute Gasteiger partial charge is 0.374 e. The molecule has 6 heteroatoms. The molecule has 0 aliphatic carbocycles. The van der Waals surface area contributed by atoms with Gasteiger partial charge in [0.15, 0.2) is 5.78 Å². The SMILES string of the molecule is COC(=O)C(=O)CC(=O)c1ccc2ccn(Cc3ccc(F)cc3)c2c1. The van der Waals surface area contributed by atoms with Gasteiger partial charge >= 0.3 is 5.97 Å². The average Bonchev–Trinajstić information content (AvgIpc) is 3.04. The largest absolute Gasteiger partial charge is 0.463 e. The van der Waals surface area contributed by atoms with E-state index in [0.29, 0.717) is 12.1 Å². The van der Waals surface area contributed by atoms with Gasteiger partial charge in [0.2, 0.25) is 5.78 Å². The minimum atomic E-state index is -1.03. The molecule has 0 N–H and O–H groups in total. The Morgan fingerprint density at radius 2 is 1.77 bits per heavy atom. The number of nitrogens with zero attached hydrogens (tertiary/aromatic N) is 1. The molecule has 1 aromatic heterocycles. The number of carbonyl (C=O) groups is 3. The number of hydrogen-bond acceptors (Lipinski definition) is 4. The van der Waals surface area contributed by atoms with Crippen molar-refractivity contribution in [2.24, 2.45) is 0 Å². The van der Waals surface area contributed by atoms with E-state index in [-0.39, 0.29) is 5.82 Å². The second kappa shape index (κ2) is 7.31. The Morgan fingerprint density at radius 3 is 2.46 bits per heavy atom. The average molecular weight is 353 g/mol. The number of carbonyl (C=O) groups excluding carboxylic acids is 3. The Balaban J connectivity index is 1.85. The molecule has 3 rings (SSSR count).